The van der Waals surface area contributed by atoms with Gasteiger partial charge in [0.25, 0.3) is 0 Å². The molecule has 1 atom stereocenters. The van der Waals surface area contributed by atoms with Crippen molar-refractivity contribution in [2.75, 3.05) is 13.2 Å². The van der Waals surface area contributed by atoms with Crippen LogP contribution in [0, 0.1) is 0 Å². The molecule has 1 amide bonds. The average Bonchev–Trinajstić information content (AvgIpc) is 2.64. The van der Waals surface area contributed by atoms with E-state index in [0.29, 0.717) is 19.6 Å². The highest BCUT2D eigenvalue weighted by molar-refractivity contribution is 5.82. The van der Waals surface area contributed by atoms with Crippen LogP contribution in [-0.4, -0.2) is 31.3 Å². The van der Waals surface area contributed by atoms with Crippen molar-refractivity contribution < 1.29 is 19.1 Å². The van der Waals surface area contributed by atoms with Gasteiger partial charge in [-0.15, -0.1) is 0 Å². The van der Waals surface area contributed by atoms with Gasteiger partial charge in [0, 0.05) is 6.42 Å². The van der Waals surface area contributed by atoms with Crippen LogP contribution in [0.4, 0.5) is 4.79 Å². The van der Waals surface area contributed by atoms with Gasteiger partial charge in [-0.2, -0.15) is 0 Å². The summed E-state index contributed by atoms with van der Waals surface area (Å²) in [5.41, 5.74) is 0. The van der Waals surface area contributed by atoms with Crippen LogP contribution in [0.3, 0.4) is 0 Å². The Kier molecular flexibility index (Phi) is 5.67. The molecule has 1 aliphatic rings. The molecule has 0 aromatic carbocycles. The van der Waals surface area contributed by atoms with E-state index < -0.39 is 12.1 Å². The lowest BCUT2D eigenvalue weighted by molar-refractivity contribution is -0.139. The van der Waals surface area contributed by atoms with E-state index in [0.717, 1.165) is 25.7 Å². The first-order chi connectivity index (χ1) is 7.74. The summed E-state index contributed by atoms with van der Waals surface area (Å²) in [4.78, 5) is 22.3. The molecule has 0 radical (unpaired) electrons. The fourth-order valence-electron chi connectivity index (χ4n) is 1.50. The fourth-order valence-corrected chi connectivity index (χ4v) is 1.50. The van der Waals surface area contributed by atoms with E-state index in [1.54, 1.807) is 0 Å². The van der Waals surface area contributed by atoms with Gasteiger partial charge in [0.05, 0.1) is 13.2 Å². The predicted octanol–water partition coefficient (Wildman–Crippen LogP) is 1.61. The molecule has 0 unspecified atom stereocenters. The van der Waals surface area contributed by atoms with Crippen molar-refractivity contribution in [3.63, 3.8) is 0 Å². The quantitative estimate of drug-likeness (QED) is 0.555. The summed E-state index contributed by atoms with van der Waals surface area (Å²) >= 11 is 0. The van der Waals surface area contributed by atoms with E-state index in [1.807, 2.05) is 0 Å². The Labute approximate surface area is 95.5 Å². The second-order valence-corrected chi connectivity index (χ2v) is 3.85. The Hall–Kier alpha value is -1.26. The number of hydrogen-bond donors (Lipinski definition) is 1. The molecule has 5 heteroatoms. The molecule has 1 saturated heterocycles. The molecule has 16 heavy (non-hydrogen) atoms. The number of alkyl carbamates (subject to hydrolysis) is 1. The number of hydrogen-bond acceptors (Lipinski definition) is 4. The van der Waals surface area contributed by atoms with Gasteiger partial charge in [0.1, 0.15) is 6.04 Å². The van der Waals surface area contributed by atoms with Crippen molar-refractivity contribution in [1.82, 2.24) is 5.32 Å². The molecule has 0 bridgehead atoms. The van der Waals surface area contributed by atoms with E-state index in [4.69, 9.17) is 9.47 Å². The number of nitrogens with one attached hydrogen (secondary N) is 1. The number of carbonyl (C=O) groups is 2. The molecule has 1 fully saturated rings. The molecule has 1 rings (SSSR count). The highest BCUT2D eigenvalue weighted by atomic mass is 16.6. The van der Waals surface area contributed by atoms with Crippen molar-refractivity contribution in [3.8, 4) is 0 Å². The lowest BCUT2D eigenvalue weighted by Gasteiger charge is -2.09. The lowest BCUT2D eigenvalue weighted by atomic mass is 10.2. The number of cyclic esters (lactones) is 1. The Bertz CT molecular complexity index is 242. The average molecular weight is 229 g/mol. The molecule has 92 valence electrons. The number of esters is 1. The molecular formula is C11H19NO4. The van der Waals surface area contributed by atoms with Crippen molar-refractivity contribution in [1.29, 1.82) is 0 Å². The molecule has 0 aromatic rings. The van der Waals surface area contributed by atoms with Gasteiger partial charge >= 0.3 is 12.1 Å². The molecule has 1 aliphatic heterocycles. The first-order valence-corrected chi connectivity index (χ1v) is 5.84. The van der Waals surface area contributed by atoms with Gasteiger partial charge in [-0.05, 0) is 6.42 Å². The predicted molar refractivity (Wildman–Crippen MR) is 58.0 cm³/mol. The summed E-state index contributed by atoms with van der Waals surface area (Å²) in [7, 11) is 0. The number of unbranched alkanes of at least 4 members (excludes halogenated alkanes) is 3. The third kappa shape index (κ3) is 4.51. The van der Waals surface area contributed by atoms with Crippen LogP contribution in [-0.2, 0) is 14.3 Å². The number of amides is 1. The summed E-state index contributed by atoms with van der Waals surface area (Å²) in [5.74, 6) is -0.372. The zero-order chi connectivity index (χ0) is 11.8. The topological polar surface area (TPSA) is 64.6 Å². The molecule has 0 spiro atoms. The Morgan fingerprint density at radius 3 is 2.94 bits per heavy atom. The number of carbonyl (C=O) groups excluding carboxylic acids is 2. The smallest absolute Gasteiger partial charge is 0.407 e. The fraction of sp³-hybridized carbons (Fsp3) is 0.818. The Morgan fingerprint density at radius 1 is 1.50 bits per heavy atom. The van der Waals surface area contributed by atoms with E-state index in [9.17, 15) is 9.59 Å². The molecular weight excluding hydrogens is 210 g/mol. The Morgan fingerprint density at radius 2 is 2.31 bits per heavy atom. The highest BCUT2D eigenvalue weighted by Gasteiger charge is 2.28. The molecule has 0 aliphatic carbocycles. The second kappa shape index (κ2) is 7.09. The van der Waals surface area contributed by atoms with Crippen molar-refractivity contribution >= 4 is 12.1 Å². The van der Waals surface area contributed by atoms with Crippen LogP contribution in [0.25, 0.3) is 0 Å². The van der Waals surface area contributed by atoms with Gasteiger partial charge in [0.2, 0.25) is 0 Å². The molecule has 1 heterocycles. The van der Waals surface area contributed by atoms with Crippen molar-refractivity contribution in [2.24, 2.45) is 0 Å². The summed E-state index contributed by atoms with van der Waals surface area (Å²) in [6.07, 6.45) is 4.25. The zero-order valence-electron chi connectivity index (χ0n) is 9.66. The monoisotopic (exact) mass is 229 g/mol. The zero-order valence-corrected chi connectivity index (χ0v) is 9.66. The third-order valence-electron chi connectivity index (χ3n) is 2.46. The summed E-state index contributed by atoms with van der Waals surface area (Å²) in [6.45, 7) is 2.91. The maximum Gasteiger partial charge on any atom is 0.407 e. The molecule has 5 nitrogen and oxygen atoms in total. The SMILES string of the molecule is CCCCCCOC(=O)N[C@H]1CCOC1=O. The first-order valence-electron chi connectivity index (χ1n) is 5.84. The van der Waals surface area contributed by atoms with Crippen LogP contribution < -0.4 is 5.32 Å². The minimum Gasteiger partial charge on any atom is -0.464 e. The second-order valence-electron chi connectivity index (χ2n) is 3.85. The third-order valence-corrected chi connectivity index (χ3v) is 2.46. The number of rotatable bonds is 6. The normalized spacial score (nSPS) is 19.3. The minimum absolute atomic E-state index is 0.372. The maximum atomic E-state index is 11.2. The number of ether oxygens (including phenoxy) is 2. The Balaban J connectivity index is 2.04. The minimum atomic E-state index is -0.527. The van der Waals surface area contributed by atoms with Gasteiger partial charge < -0.3 is 14.8 Å². The van der Waals surface area contributed by atoms with Crippen LogP contribution in [0.1, 0.15) is 39.0 Å². The van der Waals surface area contributed by atoms with E-state index >= 15 is 0 Å². The standard InChI is InChI=1S/C11H19NO4/c1-2-3-4-5-7-16-11(14)12-9-6-8-15-10(9)13/h9H,2-8H2,1H3,(H,12,14)/t9-/m0/s1. The van der Waals surface area contributed by atoms with Gasteiger partial charge in [-0.3, -0.25) is 0 Å². The first kappa shape index (κ1) is 12.8. The summed E-state index contributed by atoms with van der Waals surface area (Å²) in [6, 6.07) is -0.525. The van der Waals surface area contributed by atoms with Gasteiger partial charge in [-0.25, -0.2) is 9.59 Å². The van der Waals surface area contributed by atoms with Crippen molar-refractivity contribution in [2.45, 2.75) is 45.1 Å². The van der Waals surface area contributed by atoms with Crippen LogP contribution in [0.5, 0.6) is 0 Å². The van der Waals surface area contributed by atoms with Crippen LogP contribution in [0.15, 0.2) is 0 Å². The van der Waals surface area contributed by atoms with Crippen molar-refractivity contribution in [3.05, 3.63) is 0 Å². The van der Waals surface area contributed by atoms with E-state index in [2.05, 4.69) is 12.2 Å². The van der Waals surface area contributed by atoms with Gasteiger partial charge in [0.15, 0.2) is 0 Å². The van der Waals surface area contributed by atoms with Crippen LogP contribution >= 0.6 is 0 Å². The van der Waals surface area contributed by atoms with Crippen LogP contribution in [0.2, 0.25) is 0 Å². The summed E-state index contributed by atoms with van der Waals surface area (Å²) in [5, 5.41) is 2.48. The maximum absolute atomic E-state index is 11.2. The summed E-state index contributed by atoms with van der Waals surface area (Å²) < 4.78 is 9.66. The highest BCUT2D eigenvalue weighted by Crippen LogP contribution is 2.06. The molecule has 0 aromatic heterocycles. The lowest BCUT2D eigenvalue weighted by Crippen LogP contribution is -2.38. The van der Waals surface area contributed by atoms with Gasteiger partial charge in [-0.1, -0.05) is 26.2 Å². The van der Waals surface area contributed by atoms with E-state index in [-0.39, 0.29) is 5.97 Å². The molecule has 0 saturated carbocycles. The van der Waals surface area contributed by atoms with E-state index in [1.165, 1.54) is 0 Å². The molecule has 1 N–H and O–H groups in total. The largest absolute Gasteiger partial charge is 0.464 e.